The van der Waals surface area contributed by atoms with Gasteiger partial charge in [0.1, 0.15) is 17.3 Å². The largest absolute Gasteiger partial charge is 0.497 e. The molecule has 5 nitrogen and oxygen atoms in total. The minimum Gasteiger partial charge on any atom is -0.497 e. The number of amides is 1. The van der Waals surface area contributed by atoms with Crippen molar-refractivity contribution >= 4 is 17.4 Å². The van der Waals surface area contributed by atoms with Crippen LogP contribution in [0.3, 0.4) is 0 Å². The molecule has 1 heterocycles. The number of methoxy groups -OCH3 is 1. The molecule has 0 aliphatic heterocycles. The highest BCUT2D eigenvalue weighted by Gasteiger charge is 2.10. The second-order valence-corrected chi connectivity index (χ2v) is 4.29. The molecule has 5 heteroatoms. The summed E-state index contributed by atoms with van der Waals surface area (Å²) in [4.78, 5) is 16.4. The van der Waals surface area contributed by atoms with Crippen molar-refractivity contribution in [2.24, 2.45) is 0 Å². The second kappa shape index (κ2) is 6.06. The van der Waals surface area contributed by atoms with Gasteiger partial charge in [0.05, 0.1) is 7.11 Å². The molecule has 0 saturated carbocycles. The monoisotopic (exact) mass is 271 g/mol. The van der Waals surface area contributed by atoms with Crippen LogP contribution in [0.1, 0.15) is 16.1 Å². The number of ether oxygens (including phenoxy) is 1. The lowest BCUT2D eigenvalue weighted by atomic mass is 10.2. The van der Waals surface area contributed by atoms with Gasteiger partial charge in [-0.05, 0) is 42.8 Å². The molecule has 0 fully saturated rings. The Hall–Kier alpha value is -2.56. The highest BCUT2D eigenvalue weighted by atomic mass is 16.5. The van der Waals surface area contributed by atoms with E-state index in [1.54, 1.807) is 38.4 Å². The number of pyridine rings is 1. The van der Waals surface area contributed by atoms with Gasteiger partial charge < -0.3 is 15.4 Å². The molecule has 0 saturated heterocycles. The smallest absolute Gasteiger partial charge is 0.274 e. The lowest BCUT2D eigenvalue weighted by molar-refractivity contribution is 0.102. The molecule has 2 N–H and O–H groups in total. The summed E-state index contributed by atoms with van der Waals surface area (Å²) >= 11 is 0. The summed E-state index contributed by atoms with van der Waals surface area (Å²) in [6.45, 7) is 1.91. The number of anilines is 2. The Kier molecular flexibility index (Phi) is 4.20. The topological polar surface area (TPSA) is 63.2 Å². The Morgan fingerprint density at radius 1 is 1.25 bits per heavy atom. The molecule has 0 atom stereocenters. The summed E-state index contributed by atoms with van der Waals surface area (Å²) in [7, 11) is 3.37. The van der Waals surface area contributed by atoms with Crippen LogP contribution in [0, 0.1) is 6.92 Å². The summed E-state index contributed by atoms with van der Waals surface area (Å²) in [5, 5.41) is 5.75. The van der Waals surface area contributed by atoms with E-state index < -0.39 is 0 Å². The number of benzene rings is 1. The summed E-state index contributed by atoms with van der Waals surface area (Å²) in [6, 6.07) is 10.8. The lowest BCUT2D eigenvalue weighted by Gasteiger charge is -2.10. The van der Waals surface area contributed by atoms with Crippen molar-refractivity contribution in [3.63, 3.8) is 0 Å². The van der Waals surface area contributed by atoms with Crippen molar-refractivity contribution in [3.05, 3.63) is 47.7 Å². The third-order valence-electron chi connectivity index (χ3n) is 2.92. The maximum Gasteiger partial charge on any atom is 0.274 e. The van der Waals surface area contributed by atoms with E-state index in [1.165, 1.54) is 0 Å². The van der Waals surface area contributed by atoms with Crippen LogP contribution in [0.25, 0.3) is 0 Å². The van der Waals surface area contributed by atoms with Crippen LogP contribution in [-0.2, 0) is 0 Å². The fraction of sp³-hybridized carbons (Fsp3) is 0.200. The number of rotatable bonds is 4. The summed E-state index contributed by atoms with van der Waals surface area (Å²) in [6.07, 6.45) is 0. The number of carbonyl (C=O) groups excluding carboxylic acids is 1. The van der Waals surface area contributed by atoms with Gasteiger partial charge >= 0.3 is 0 Å². The molecule has 0 aliphatic rings. The normalized spacial score (nSPS) is 9.95. The van der Waals surface area contributed by atoms with Crippen molar-refractivity contribution < 1.29 is 9.53 Å². The first-order valence-corrected chi connectivity index (χ1v) is 6.25. The van der Waals surface area contributed by atoms with Crippen LogP contribution >= 0.6 is 0 Å². The minimum absolute atomic E-state index is 0.240. The number of hydrogen-bond donors (Lipinski definition) is 2. The van der Waals surface area contributed by atoms with Gasteiger partial charge in [-0.3, -0.25) is 4.79 Å². The van der Waals surface area contributed by atoms with Crippen molar-refractivity contribution in [2.45, 2.75) is 6.92 Å². The van der Waals surface area contributed by atoms with Gasteiger partial charge in [-0.1, -0.05) is 6.07 Å². The van der Waals surface area contributed by atoms with E-state index in [4.69, 9.17) is 4.74 Å². The molecule has 1 aromatic carbocycles. The zero-order valence-corrected chi connectivity index (χ0v) is 11.7. The molecule has 0 radical (unpaired) electrons. The van der Waals surface area contributed by atoms with Crippen molar-refractivity contribution in [3.8, 4) is 5.75 Å². The van der Waals surface area contributed by atoms with Gasteiger partial charge in [0.2, 0.25) is 0 Å². The van der Waals surface area contributed by atoms with E-state index in [1.807, 2.05) is 19.1 Å². The Labute approximate surface area is 118 Å². The Morgan fingerprint density at radius 2 is 2.05 bits per heavy atom. The summed E-state index contributed by atoms with van der Waals surface area (Å²) < 4.78 is 5.14. The Bertz CT molecular complexity index is 626. The number of aromatic nitrogens is 1. The first kappa shape index (κ1) is 13.9. The maximum absolute atomic E-state index is 12.2. The van der Waals surface area contributed by atoms with Gasteiger partial charge in [-0.15, -0.1) is 0 Å². The average Bonchev–Trinajstić information content (AvgIpc) is 2.49. The molecule has 20 heavy (non-hydrogen) atoms. The first-order chi connectivity index (χ1) is 9.63. The second-order valence-electron chi connectivity index (χ2n) is 4.29. The van der Waals surface area contributed by atoms with E-state index in [0.29, 0.717) is 11.5 Å². The standard InChI is InChI=1S/C15H17N3O2/c1-10-9-11(20-3)7-8-12(10)18-15(19)13-5-4-6-14(16-2)17-13/h4-9H,1-3H3,(H,16,17)(H,18,19). The third-order valence-corrected chi connectivity index (χ3v) is 2.92. The molecule has 0 spiro atoms. The third kappa shape index (κ3) is 3.06. The number of nitrogens with zero attached hydrogens (tertiary/aromatic N) is 1. The number of carbonyl (C=O) groups is 1. The zero-order valence-electron chi connectivity index (χ0n) is 11.7. The molecule has 0 bridgehead atoms. The van der Waals surface area contributed by atoms with Crippen LogP contribution in [0.4, 0.5) is 11.5 Å². The molecule has 104 valence electrons. The predicted octanol–water partition coefficient (Wildman–Crippen LogP) is 2.69. The fourth-order valence-corrected chi connectivity index (χ4v) is 1.79. The molecule has 2 aromatic rings. The van der Waals surface area contributed by atoms with Gasteiger partial charge in [0, 0.05) is 12.7 Å². The molecule has 1 amide bonds. The summed E-state index contributed by atoms with van der Waals surface area (Å²) in [5.41, 5.74) is 2.04. The van der Waals surface area contributed by atoms with Gasteiger partial charge in [-0.25, -0.2) is 4.98 Å². The van der Waals surface area contributed by atoms with E-state index >= 15 is 0 Å². The van der Waals surface area contributed by atoms with Crippen molar-refractivity contribution in [1.82, 2.24) is 4.98 Å². The fourth-order valence-electron chi connectivity index (χ4n) is 1.79. The summed E-state index contributed by atoms with van der Waals surface area (Å²) in [5.74, 6) is 1.18. The Morgan fingerprint density at radius 3 is 2.70 bits per heavy atom. The van der Waals surface area contributed by atoms with E-state index in [9.17, 15) is 4.79 Å². The van der Waals surface area contributed by atoms with Crippen LogP contribution in [0.15, 0.2) is 36.4 Å². The highest BCUT2D eigenvalue weighted by Crippen LogP contribution is 2.21. The van der Waals surface area contributed by atoms with Crippen LogP contribution in [0.2, 0.25) is 0 Å². The quantitative estimate of drug-likeness (QED) is 0.897. The molecule has 2 rings (SSSR count). The van der Waals surface area contributed by atoms with Crippen LogP contribution < -0.4 is 15.4 Å². The van der Waals surface area contributed by atoms with E-state index in [-0.39, 0.29) is 5.91 Å². The van der Waals surface area contributed by atoms with Crippen molar-refractivity contribution in [2.75, 3.05) is 24.8 Å². The Balaban J connectivity index is 2.18. The molecular weight excluding hydrogens is 254 g/mol. The maximum atomic E-state index is 12.2. The van der Waals surface area contributed by atoms with E-state index in [2.05, 4.69) is 15.6 Å². The van der Waals surface area contributed by atoms with E-state index in [0.717, 1.165) is 17.0 Å². The highest BCUT2D eigenvalue weighted by molar-refractivity contribution is 6.03. The van der Waals surface area contributed by atoms with Gasteiger partial charge in [0.15, 0.2) is 0 Å². The minimum atomic E-state index is -0.240. The SMILES string of the molecule is CNc1cccc(C(=O)Nc2ccc(OC)cc2C)n1. The van der Waals surface area contributed by atoms with Crippen LogP contribution in [-0.4, -0.2) is 25.0 Å². The van der Waals surface area contributed by atoms with Crippen LogP contribution in [0.5, 0.6) is 5.75 Å². The average molecular weight is 271 g/mol. The predicted molar refractivity (Wildman–Crippen MR) is 79.5 cm³/mol. The number of hydrogen-bond acceptors (Lipinski definition) is 4. The first-order valence-electron chi connectivity index (χ1n) is 6.25. The number of nitrogens with one attached hydrogen (secondary N) is 2. The van der Waals surface area contributed by atoms with Gasteiger partial charge in [0.25, 0.3) is 5.91 Å². The molecule has 1 aromatic heterocycles. The molecular formula is C15H17N3O2. The zero-order chi connectivity index (χ0) is 14.5. The lowest BCUT2D eigenvalue weighted by Crippen LogP contribution is -2.15. The van der Waals surface area contributed by atoms with Crippen molar-refractivity contribution in [1.29, 1.82) is 0 Å². The molecule has 0 unspecified atom stereocenters. The number of aryl methyl sites for hydroxylation is 1. The molecule has 0 aliphatic carbocycles. The van der Waals surface area contributed by atoms with Gasteiger partial charge in [-0.2, -0.15) is 0 Å².